The second-order valence-corrected chi connectivity index (χ2v) is 9.30. The average Bonchev–Trinajstić information content (AvgIpc) is 2.67. The van der Waals surface area contributed by atoms with E-state index in [4.69, 9.17) is 4.65 Å². The lowest BCUT2D eigenvalue weighted by atomic mass is 9.67. The van der Waals surface area contributed by atoms with Crippen LogP contribution in [0.5, 0.6) is 0 Å². The van der Waals surface area contributed by atoms with Crippen LogP contribution in [0, 0.1) is 0 Å². The molecular formula is C23H30BNO2. The summed E-state index contributed by atoms with van der Waals surface area (Å²) >= 11 is 0. The minimum Gasteiger partial charge on any atom is -0.427 e. The molecule has 3 nitrogen and oxygen atoms in total. The highest BCUT2D eigenvalue weighted by molar-refractivity contribution is 6.46. The van der Waals surface area contributed by atoms with Gasteiger partial charge in [-0.15, -0.1) is 0 Å². The second kappa shape index (κ2) is 6.75. The number of fused-ring (bicyclic) bond motifs is 2. The molecule has 0 unspecified atom stereocenters. The molecule has 142 valence electrons. The van der Waals surface area contributed by atoms with Gasteiger partial charge in [0.05, 0.1) is 16.9 Å². The Bertz CT molecular complexity index is 815. The largest absolute Gasteiger partial charge is 0.427 e. The Morgan fingerprint density at radius 3 is 2.22 bits per heavy atom. The van der Waals surface area contributed by atoms with Crippen molar-refractivity contribution in [3.63, 3.8) is 0 Å². The number of aliphatic hydroxyl groups is 1. The molecule has 1 N–H and O–H groups in total. The number of aromatic nitrogens is 1. The zero-order valence-electron chi connectivity index (χ0n) is 17.0. The molecule has 0 amide bonds. The van der Waals surface area contributed by atoms with Gasteiger partial charge in [0.1, 0.15) is 0 Å². The van der Waals surface area contributed by atoms with Crippen molar-refractivity contribution in [3.8, 4) is 11.3 Å². The number of nitrogens with zero attached hydrogens (tertiary/aromatic N) is 1. The molecule has 1 saturated carbocycles. The number of hydrogen-bond donors (Lipinski definition) is 1. The third kappa shape index (κ3) is 3.57. The van der Waals surface area contributed by atoms with Crippen LogP contribution in [0.1, 0.15) is 76.3 Å². The predicted molar refractivity (Wildman–Crippen MR) is 112 cm³/mol. The van der Waals surface area contributed by atoms with E-state index in [1.165, 1.54) is 31.2 Å². The molecule has 3 aliphatic carbocycles. The Hall–Kier alpha value is -1.65. The van der Waals surface area contributed by atoms with Crippen LogP contribution in [0.25, 0.3) is 11.3 Å². The highest BCUT2D eigenvalue weighted by Gasteiger charge is 2.35. The maximum absolute atomic E-state index is 10.2. The highest BCUT2D eigenvalue weighted by atomic mass is 16.5. The lowest BCUT2D eigenvalue weighted by Crippen LogP contribution is -2.49. The van der Waals surface area contributed by atoms with E-state index in [-0.39, 0.29) is 0 Å². The van der Waals surface area contributed by atoms with Crippen LogP contribution in [-0.4, -0.2) is 28.8 Å². The molecule has 1 fully saturated rings. The van der Waals surface area contributed by atoms with Gasteiger partial charge in [-0.05, 0) is 93.9 Å². The van der Waals surface area contributed by atoms with Crippen molar-refractivity contribution in [2.75, 3.05) is 0 Å². The van der Waals surface area contributed by atoms with Gasteiger partial charge in [-0.1, -0.05) is 18.2 Å². The Morgan fingerprint density at radius 2 is 1.63 bits per heavy atom. The molecule has 0 saturated heterocycles. The van der Waals surface area contributed by atoms with E-state index >= 15 is 0 Å². The molecule has 2 aromatic rings. The van der Waals surface area contributed by atoms with Gasteiger partial charge in [0.2, 0.25) is 0 Å². The molecule has 0 radical (unpaired) electrons. The summed E-state index contributed by atoms with van der Waals surface area (Å²) in [6, 6.07) is 11.1. The fraction of sp³-hybridized carbons (Fsp3) is 0.522. The summed E-state index contributed by atoms with van der Waals surface area (Å²) in [5.41, 5.74) is 4.88. The Kier molecular flexibility index (Phi) is 4.68. The highest BCUT2D eigenvalue weighted by Crippen LogP contribution is 2.49. The van der Waals surface area contributed by atoms with E-state index in [2.05, 4.69) is 35.3 Å². The molecular weight excluding hydrogens is 333 g/mol. The smallest absolute Gasteiger partial charge is 0.311 e. The van der Waals surface area contributed by atoms with Gasteiger partial charge in [0.15, 0.2) is 0 Å². The molecule has 1 aromatic heterocycles. The van der Waals surface area contributed by atoms with Crippen LogP contribution in [0.4, 0.5) is 0 Å². The lowest BCUT2D eigenvalue weighted by Gasteiger charge is -2.38. The number of benzene rings is 1. The number of rotatable bonds is 5. The first-order valence-electron chi connectivity index (χ1n) is 10.2. The van der Waals surface area contributed by atoms with Crippen LogP contribution < -0.4 is 5.46 Å². The zero-order chi connectivity index (χ0) is 19.2. The quantitative estimate of drug-likeness (QED) is 0.815. The third-order valence-corrected chi connectivity index (χ3v) is 6.89. The molecule has 2 bridgehead atoms. The summed E-state index contributed by atoms with van der Waals surface area (Å²) in [6.45, 7) is 7.37. The zero-order valence-corrected chi connectivity index (χ0v) is 17.0. The van der Waals surface area contributed by atoms with Crippen LogP contribution in [-0.2, 0) is 4.65 Å². The fourth-order valence-corrected chi connectivity index (χ4v) is 4.30. The van der Waals surface area contributed by atoms with E-state index in [0.29, 0.717) is 7.48 Å². The fourth-order valence-electron chi connectivity index (χ4n) is 4.30. The summed E-state index contributed by atoms with van der Waals surface area (Å²) in [6.07, 6.45) is 7.32. The van der Waals surface area contributed by atoms with E-state index in [0.717, 1.165) is 23.0 Å². The van der Waals surface area contributed by atoms with E-state index in [1.54, 1.807) is 25.0 Å². The van der Waals surface area contributed by atoms with Crippen molar-refractivity contribution in [3.05, 3.63) is 47.7 Å². The first kappa shape index (κ1) is 18.7. The monoisotopic (exact) mass is 363 g/mol. The standard InChI is InChI=1S/C23H30BNO2/c1-22(2,26)23(3,4)27-24-18-10-12-21(25-14-18)17-9-11-19-15-5-7-16(8-6-15)20(19)13-17/h9-16,24,26H,5-8H2,1-4H3. The van der Waals surface area contributed by atoms with E-state index in [9.17, 15) is 5.11 Å². The molecule has 3 aliphatic rings. The Labute approximate surface area is 163 Å². The average molecular weight is 363 g/mol. The van der Waals surface area contributed by atoms with Gasteiger partial charge in [-0.25, -0.2) is 0 Å². The van der Waals surface area contributed by atoms with Crippen molar-refractivity contribution < 1.29 is 9.76 Å². The minimum atomic E-state index is -0.900. The van der Waals surface area contributed by atoms with Gasteiger partial charge >= 0.3 is 7.48 Å². The second-order valence-electron chi connectivity index (χ2n) is 9.30. The molecule has 0 spiro atoms. The van der Waals surface area contributed by atoms with Crippen LogP contribution >= 0.6 is 0 Å². The summed E-state index contributed by atoms with van der Waals surface area (Å²) in [5.74, 6) is 1.53. The van der Waals surface area contributed by atoms with Crippen LogP contribution in [0.3, 0.4) is 0 Å². The van der Waals surface area contributed by atoms with Gasteiger partial charge in [-0.3, -0.25) is 4.98 Å². The molecule has 0 aliphatic heterocycles. The van der Waals surface area contributed by atoms with Gasteiger partial charge in [-0.2, -0.15) is 0 Å². The van der Waals surface area contributed by atoms with E-state index in [1.807, 2.05) is 20.0 Å². The molecule has 27 heavy (non-hydrogen) atoms. The first-order valence-corrected chi connectivity index (χ1v) is 10.2. The third-order valence-electron chi connectivity index (χ3n) is 6.89. The summed E-state index contributed by atoms with van der Waals surface area (Å²) in [5, 5.41) is 10.2. The predicted octanol–water partition coefficient (Wildman–Crippen LogP) is 4.05. The van der Waals surface area contributed by atoms with Gasteiger partial charge in [0, 0.05) is 11.8 Å². The van der Waals surface area contributed by atoms with E-state index < -0.39 is 11.2 Å². The molecule has 5 rings (SSSR count). The maximum atomic E-state index is 10.2. The molecule has 1 heterocycles. The normalized spacial score (nSPS) is 21.8. The van der Waals surface area contributed by atoms with Crippen molar-refractivity contribution in [1.82, 2.24) is 4.98 Å². The summed E-state index contributed by atoms with van der Waals surface area (Å²) < 4.78 is 5.94. The van der Waals surface area contributed by atoms with Gasteiger partial charge < -0.3 is 9.76 Å². The minimum absolute atomic E-state index is 0.443. The summed E-state index contributed by atoms with van der Waals surface area (Å²) in [4.78, 5) is 4.68. The van der Waals surface area contributed by atoms with Crippen LogP contribution in [0.2, 0.25) is 0 Å². The summed E-state index contributed by atoms with van der Waals surface area (Å²) in [7, 11) is 0.443. The maximum Gasteiger partial charge on any atom is 0.311 e. The van der Waals surface area contributed by atoms with Crippen molar-refractivity contribution in [2.45, 2.75) is 76.4 Å². The first-order chi connectivity index (χ1) is 12.7. The molecule has 0 atom stereocenters. The number of pyridine rings is 1. The van der Waals surface area contributed by atoms with Gasteiger partial charge in [0.25, 0.3) is 0 Å². The number of hydrogen-bond acceptors (Lipinski definition) is 3. The lowest BCUT2D eigenvalue weighted by molar-refractivity contribution is -0.0893. The molecule has 4 heteroatoms. The Balaban J connectivity index is 1.49. The Morgan fingerprint density at radius 1 is 0.963 bits per heavy atom. The molecule has 1 aromatic carbocycles. The van der Waals surface area contributed by atoms with Crippen molar-refractivity contribution in [1.29, 1.82) is 0 Å². The van der Waals surface area contributed by atoms with Crippen LogP contribution in [0.15, 0.2) is 36.5 Å². The van der Waals surface area contributed by atoms with Crippen molar-refractivity contribution in [2.24, 2.45) is 0 Å². The topological polar surface area (TPSA) is 42.4 Å². The SMILES string of the molecule is CC(C)(O)C(C)(C)OBc1ccc(-c2ccc3c(c2)C2CCC3CC2)nc1. The van der Waals surface area contributed by atoms with Crippen molar-refractivity contribution >= 4 is 12.9 Å².